The van der Waals surface area contributed by atoms with Crippen LogP contribution in [-0.2, 0) is 20.1 Å². The first-order valence-electron chi connectivity index (χ1n) is 8.15. The lowest BCUT2D eigenvalue weighted by atomic mass is 10.2. The number of ether oxygens (including phenoxy) is 2. The molecule has 0 spiro atoms. The Labute approximate surface area is 151 Å². The van der Waals surface area contributed by atoms with Gasteiger partial charge in [-0.25, -0.2) is 0 Å². The van der Waals surface area contributed by atoms with Crippen LogP contribution in [0.3, 0.4) is 0 Å². The van der Waals surface area contributed by atoms with Crippen molar-refractivity contribution < 1.29 is 18.3 Å². The number of rotatable bonds is 8. The third-order valence-electron chi connectivity index (χ3n) is 3.46. The second-order valence-electron chi connectivity index (χ2n) is 5.36. The number of aliphatic imine (C=N–C) groups is 1. The molecular formula is C17H23F2N5O2. The summed E-state index contributed by atoms with van der Waals surface area (Å²) >= 11 is 0. The fourth-order valence-electron chi connectivity index (χ4n) is 2.34. The highest BCUT2D eigenvalue weighted by Gasteiger charge is 2.16. The molecule has 2 rings (SSSR count). The predicted octanol–water partition coefficient (Wildman–Crippen LogP) is 2.29. The van der Waals surface area contributed by atoms with Gasteiger partial charge in [0, 0.05) is 44.5 Å². The minimum atomic E-state index is -2.93. The Balaban J connectivity index is 2.02. The molecule has 0 fully saturated rings. The molecule has 0 aliphatic heterocycles. The molecule has 0 aliphatic carbocycles. The number of aryl methyl sites for hydroxylation is 1. The highest BCUT2D eigenvalue weighted by Crippen LogP contribution is 2.32. The van der Waals surface area contributed by atoms with E-state index in [2.05, 4.69) is 25.5 Å². The molecule has 2 aromatic rings. The summed E-state index contributed by atoms with van der Waals surface area (Å²) in [7, 11) is 3.47. The van der Waals surface area contributed by atoms with Crippen molar-refractivity contribution in [3.63, 3.8) is 0 Å². The zero-order chi connectivity index (χ0) is 18.9. The van der Waals surface area contributed by atoms with Gasteiger partial charge in [-0.05, 0) is 13.0 Å². The van der Waals surface area contributed by atoms with Crippen LogP contribution in [0.25, 0.3) is 0 Å². The van der Waals surface area contributed by atoms with E-state index in [0.29, 0.717) is 24.7 Å². The highest BCUT2D eigenvalue weighted by molar-refractivity contribution is 5.79. The summed E-state index contributed by atoms with van der Waals surface area (Å²) in [6, 6.07) is 5.02. The quantitative estimate of drug-likeness (QED) is 0.553. The van der Waals surface area contributed by atoms with E-state index in [1.807, 2.05) is 13.2 Å². The number of benzene rings is 1. The Morgan fingerprint density at radius 2 is 2.08 bits per heavy atom. The number of aromatic nitrogens is 2. The van der Waals surface area contributed by atoms with E-state index in [4.69, 9.17) is 4.74 Å². The first-order valence-corrected chi connectivity index (χ1v) is 8.15. The van der Waals surface area contributed by atoms with E-state index >= 15 is 0 Å². The molecule has 9 heteroatoms. The number of guanidine groups is 1. The zero-order valence-corrected chi connectivity index (χ0v) is 15.0. The Morgan fingerprint density at radius 3 is 2.69 bits per heavy atom. The van der Waals surface area contributed by atoms with E-state index in [1.165, 1.54) is 0 Å². The molecule has 1 aromatic heterocycles. The maximum Gasteiger partial charge on any atom is 0.387 e. The number of nitrogens with zero attached hydrogens (tertiary/aromatic N) is 3. The van der Waals surface area contributed by atoms with Gasteiger partial charge < -0.3 is 20.1 Å². The normalized spacial score (nSPS) is 11.5. The van der Waals surface area contributed by atoms with Gasteiger partial charge in [-0.1, -0.05) is 12.1 Å². The van der Waals surface area contributed by atoms with Crippen molar-refractivity contribution in [2.45, 2.75) is 26.6 Å². The Morgan fingerprint density at radius 1 is 1.31 bits per heavy atom. The van der Waals surface area contributed by atoms with Crippen molar-refractivity contribution in [3.8, 4) is 11.5 Å². The van der Waals surface area contributed by atoms with Crippen LogP contribution in [0.2, 0.25) is 0 Å². The van der Waals surface area contributed by atoms with Crippen molar-refractivity contribution in [1.29, 1.82) is 0 Å². The Bertz CT molecular complexity index is 734. The van der Waals surface area contributed by atoms with Gasteiger partial charge in [0.15, 0.2) is 17.5 Å². The van der Waals surface area contributed by atoms with E-state index in [-0.39, 0.29) is 18.0 Å². The summed E-state index contributed by atoms with van der Waals surface area (Å²) in [6.45, 7) is -0.0207. The lowest BCUT2D eigenvalue weighted by molar-refractivity contribution is -0.0520. The van der Waals surface area contributed by atoms with Gasteiger partial charge in [-0.2, -0.15) is 13.9 Å². The molecule has 1 heterocycles. The predicted molar refractivity (Wildman–Crippen MR) is 94.5 cm³/mol. The molecule has 2 N–H and O–H groups in total. The van der Waals surface area contributed by atoms with Crippen LogP contribution in [-0.4, -0.2) is 36.0 Å². The van der Waals surface area contributed by atoms with Crippen molar-refractivity contribution in [2.75, 3.05) is 13.7 Å². The average molecular weight is 367 g/mol. The third kappa shape index (κ3) is 5.61. The number of para-hydroxylation sites is 1. The fraction of sp³-hybridized carbons (Fsp3) is 0.412. The smallest absolute Gasteiger partial charge is 0.387 e. The molecule has 0 atom stereocenters. The number of alkyl halides is 2. The standard InChI is InChI=1S/C17H23F2N5O2/c1-4-25-14-7-5-6-13(15(14)26-16(18)19)10-22-17(20-2)21-8-12-9-23-24(3)11-12/h5-7,9,11,16H,4,8,10H2,1-3H3,(H2,20,21,22). The molecule has 142 valence electrons. The van der Waals surface area contributed by atoms with Crippen LogP contribution in [0.4, 0.5) is 8.78 Å². The van der Waals surface area contributed by atoms with Crippen molar-refractivity contribution in [3.05, 3.63) is 41.7 Å². The van der Waals surface area contributed by atoms with Gasteiger partial charge >= 0.3 is 6.61 Å². The van der Waals surface area contributed by atoms with Crippen LogP contribution in [0.1, 0.15) is 18.1 Å². The van der Waals surface area contributed by atoms with Crippen molar-refractivity contribution in [1.82, 2.24) is 20.4 Å². The van der Waals surface area contributed by atoms with E-state index in [1.54, 1.807) is 43.0 Å². The SMILES string of the molecule is CCOc1cccc(CNC(=NC)NCc2cnn(C)c2)c1OC(F)F. The fourth-order valence-corrected chi connectivity index (χ4v) is 2.34. The van der Waals surface area contributed by atoms with Gasteiger partial charge in [0.25, 0.3) is 0 Å². The molecule has 0 unspecified atom stereocenters. The maximum absolute atomic E-state index is 12.8. The van der Waals surface area contributed by atoms with Crippen LogP contribution < -0.4 is 20.1 Å². The summed E-state index contributed by atoms with van der Waals surface area (Å²) in [5.41, 5.74) is 1.54. The van der Waals surface area contributed by atoms with Gasteiger partial charge in [-0.3, -0.25) is 9.67 Å². The van der Waals surface area contributed by atoms with Gasteiger partial charge in [0.1, 0.15) is 0 Å². The van der Waals surface area contributed by atoms with Gasteiger partial charge in [0.05, 0.1) is 12.8 Å². The molecule has 0 saturated heterocycles. The van der Waals surface area contributed by atoms with Crippen molar-refractivity contribution >= 4 is 5.96 Å². The first kappa shape index (κ1) is 19.5. The average Bonchev–Trinajstić information content (AvgIpc) is 3.02. The highest BCUT2D eigenvalue weighted by atomic mass is 19.3. The molecule has 1 aromatic carbocycles. The van der Waals surface area contributed by atoms with E-state index < -0.39 is 6.61 Å². The van der Waals surface area contributed by atoms with Crippen LogP contribution in [0, 0.1) is 0 Å². The minimum absolute atomic E-state index is 0.0274. The number of hydrogen-bond acceptors (Lipinski definition) is 4. The second kappa shape index (κ2) is 9.59. The summed E-state index contributed by atoms with van der Waals surface area (Å²) in [5, 5.41) is 10.3. The van der Waals surface area contributed by atoms with Crippen molar-refractivity contribution in [2.24, 2.45) is 12.0 Å². The van der Waals surface area contributed by atoms with Gasteiger partial charge in [0.2, 0.25) is 0 Å². The topological polar surface area (TPSA) is 72.7 Å². The second-order valence-corrected chi connectivity index (χ2v) is 5.36. The number of hydrogen-bond donors (Lipinski definition) is 2. The number of halogens is 2. The lowest BCUT2D eigenvalue weighted by Crippen LogP contribution is -2.36. The summed E-state index contributed by atoms with van der Waals surface area (Å²) in [6.07, 6.45) is 3.64. The molecular weight excluding hydrogens is 344 g/mol. The third-order valence-corrected chi connectivity index (χ3v) is 3.46. The zero-order valence-electron chi connectivity index (χ0n) is 15.0. The maximum atomic E-state index is 12.8. The van der Waals surface area contributed by atoms with Gasteiger partial charge in [-0.15, -0.1) is 0 Å². The molecule has 0 aliphatic rings. The monoisotopic (exact) mass is 367 g/mol. The Hall–Kier alpha value is -2.84. The molecule has 0 bridgehead atoms. The minimum Gasteiger partial charge on any atom is -0.490 e. The largest absolute Gasteiger partial charge is 0.490 e. The van der Waals surface area contributed by atoms with E-state index in [0.717, 1.165) is 5.56 Å². The van der Waals surface area contributed by atoms with Crippen LogP contribution >= 0.6 is 0 Å². The summed E-state index contributed by atoms with van der Waals surface area (Å²) in [5.74, 6) is 0.837. The summed E-state index contributed by atoms with van der Waals surface area (Å²) < 4.78 is 37.3. The van der Waals surface area contributed by atoms with E-state index in [9.17, 15) is 8.78 Å². The first-order chi connectivity index (χ1) is 12.5. The van der Waals surface area contributed by atoms with Crippen LogP contribution in [0.15, 0.2) is 35.6 Å². The van der Waals surface area contributed by atoms with Crippen LogP contribution in [0.5, 0.6) is 11.5 Å². The summed E-state index contributed by atoms with van der Waals surface area (Å²) in [4.78, 5) is 4.12. The molecule has 0 amide bonds. The molecule has 0 saturated carbocycles. The number of nitrogens with one attached hydrogen (secondary N) is 2. The molecule has 0 radical (unpaired) electrons. The molecule has 7 nitrogen and oxygen atoms in total. The molecule has 26 heavy (non-hydrogen) atoms. The lowest BCUT2D eigenvalue weighted by Gasteiger charge is -2.17. The Kier molecular flexibility index (Phi) is 7.19.